The highest BCUT2D eigenvalue weighted by Crippen LogP contribution is 2.22. The minimum atomic E-state index is 0.380. The van der Waals surface area contributed by atoms with Gasteiger partial charge in [-0.05, 0) is 42.8 Å². The van der Waals surface area contributed by atoms with Crippen molar-refractivity contribution in [2.75, 3.05) is 0 Å². The lowest BCUT2D eigenvalue weighted by molar-refractivity contribution is 0.299. The summed E-state index contributed by atoms with van der Waals surface area (Å²) in [5.74, 6) is 0.808. The van der Waals surface area contributed by atoms with Gasteiger partial charge in [-0.1, -0.05) is 27.5 Å². The number of benzene rings is 1. The van der Waals surface area contributed by atoms with Crippen LogP contribution in [0.3, 0.4) is 0 Å². The molecule has 0 fully saturated rings. The molecule has 1 heterocycles. The van der Waals surface area contributed by atoms with Crippen molar-refractivity contribution in [1.82, 2.24) is 10.2 Å². The molecular formula is C12H10BrClN2O. The first-order valence-electron chi connectivity index (χ1n) is 5.02. The van der Waals surface area contributed by atoms with E-state index in [1.54, 1.807) is 12.1 Å². The molecule has 1 aromatic heterocycles. The van der Waals surface area contributed by atoms with E-state index in [0.717, 1.165) is 21.5 Å². The molecule has 5 heteroatoms. The van der Waals surface area contributed by atoms with E-state index in [1.807, 2.05) is 25.1 Å². The maximum Gasteiger partial charge on any atom is 0.151 e. The van der Waals surface area contributed by atoms with E-state index in [4.69, 9.17) is 16.3 Å². The van der Waals surface area contributed by atoms with Gasteiger partial charge < -0.3 is 4.74 Å². The molecule has 0 aliphatic carbocycles. The molecule has 0 saturated carbocycles. The van der Waals surface area contributed by atoms with Gasteiger partial charge in [0.05, 0.1) is 0 Å². The Bertz CT molecular complexity index is 516. The summed E-state index contributed by atoms with van der Waals surface area (Å²) in [6, 6.07) is 9.31. The number of ether oxygens (including phenoxy) is 1. The molecule has 1 aromatic carbocycles. The first-order valence-corrected chi connectivity index (χ1v) is 6.19. The van der Waals surface area contributed by atoms with Gasteiger partial charge in [0.2, 0.25) is 0 Å². The zero-order chi connectivity index (χ0) is 12.3. The summed E-state index contributed by atoms with van der Waals surface area (Å²) in [6.07, 6.45) is 0. The topological polar surface area (TPSA) is 35.0 Å². The molecule has 0 radical (unpaired) electrons. The van der Waals surface area contributed by atoms with E-state index in [0.29, 0.717) is 11.8 Å². The lowest BCUT2D eigenvalue weighted by Crippen LogP contribution is -1.99. The quantitative estimate of drug-likeness (QED) is 0.865. The summed E-state index contributed by atoms with van der Waals surface area (Å²) < 4.78 is 6.67. The van der Waals surface area contributed by atoms with Crippen molar-refractivity contribution >= 4 is 27.5 Å². The van der Waals surface area contributed by atoms with Gasteiger partial charge in [0.1, 0.15) is 18.1 Å². The zero-order valence-electron chi connectivity index (χ0n) is 9.15. The number of hydrogen-bond acceptors (Lipinski definition) is 3. The first kappa shape index (κ1) is 12.3. The largest absolute Gasteiger partial charge is 0.487 e. The molecule has 17 heavy (non-hydrogen) atoms. The SMILES string of the molecule is Cc1cc(OCc2ccc(Cl)nn2)ccc1Br. The van der Waals surface area contributed by atoms with Gasteiger partial charge in [-0.2, -0.15) is 5.10 Å². The predicted molar refractivity (Wildman–Crippen MR) is 70.3 cm³/mol. The highest BCUT2D eigenvalue weighted by Gasteiger charge is 2.00. The lowest BCUT2D eigenvalue weighted by Gasteiger charge is -2.06. The molecule has 88 valence electrons. The molecule has 0 aliphatic heterocycles. The summed E-state index contributed by atoms with van der Waals surface area (Å²) in [6.45, 7) is 2.39. The zero-order valence-corrected chi connectivity index (χ0v) is 11.5. The summed E-state index contributed by atoms with van der Waals surface area (Å²) in [5, 5.41) is 8.05. The molecular weight excluding hydrogens is 304 g/mol. The normalized spacial score (nSPS) is 10.3. The van der Waals surface area contributed by atoms with Crippen LogP contribution in [-0.4, -0.2) is 10.2 Å². The molecule has 0 aliphatic rings. The Morgan fingerprint density at radius 2 is 2.06 bits per heavy atom. The Kier molecular flexibility index (Phi) is 3.97. The molecule has 0 atom stereocenters. The third-order valence-electron chi connectivity index (χ3n) is 2.20. The number of nitrogens with zero attached hydrogens (tertiary/aromatic N) is 2. The summed E-state index contributed by atoms with van der Waals surface area (Å²) in [5.41, 5.74) is 1.87. The number of aromatic nitrogens is 2. The van der Waals surface area contributed by atoms with Crippen LogP contribution in [-0.2, 0) is 6.61 Å². The van der Waals surface area contributed by atoms with Crippen LogP contribution in [0.15, 0.2) is 34.8 Å². The Labute approximate surface area is 113 Å². The second kappa shape index (κ2) is 5.47. The number of rotatable bonds is 3. The van der Waals surface area contributed by atoms with Gasteiger partial charge in [0.25, 0.3) is 0 Å². The third-order valence-corrected chi connectivity index (χ3v) is 3.29. The van der Waals surface area contributed by atoms with E-state index in [-0.39, 0.29) is 0 Å². The maximum absolute atomic E-state index is 5.65. The molecule has 0 saturated heterocycles. The van der Waals surface area contributed by atoms with Crippen LogP contribution in [0.1, 0.15) is 11.3 Å². The van der Waals surface area contributed by atoms with Crippen LogP contribution in [0.25, 0.3) is 0 Å². The number of aryl methyl sites for hydroxylation is 1. The number of halogens is 2. The van der Waals surface area contributed by atoms with Gasteiger partial charge in [-0.15, -0.1) is 5.10 Å². The average Bonchev–Trinajstić information content (AvgIpc) is 2.33. The van der Waals surface area contributed by atoms with Gasteiger partial charge in [-0.3, -0.25) is 0 Å². The molecule has 0 N–H and O–H groups in total. The highest BCUT2D eigenvalue weighted by atomic mass is 79.9. The van der Waals surface area contributed by atoms with Crippen LogP contribution in [0.4, 0.5) is 0 Å². The molecule has 0 unspecified atom stereocenters. The Balaban J connectivity index is 2.02. The minimum Gasteiger partial charge on any atom is -0.487 e. The van der Waals surface area contributed by atoms with E-state index >= 15 is 0 Å². The van der Waals surface area contributed by atoms with Crippen LogP contribution in [0.5, 0.6) is 5.75 Å². The average molecular weight is 314 g/mol. The minimum absolute atomic E-state index is 0.380. The van der Waals surface area contributed by atoms with Crippen LogP contribution in [0.2, 0.25) is 5.15 Å². The fourth-order valence-corrected chi connectivity index (χ4v) is 1.63. The maximum atomic E-state index is 5.65. The predicted octanol–water partition coefficient (Wildman–Crippen LogP) is 3.78. The van der Waals surface area contributed by atoms with Crippen LogP contribution >= 0.6 is 27.5 Å². The standard InChI is InChI=1S/C12H10BrClN2O/c1-8-6-10(3-4-11(8)13)17-7-9-2-5-12(14)16-15-9/h2-6H,7H2,1H3. The Hall–Kier alpha value is -1.13. The number of hydrogen-bond donors (Lipinski definition) is 0. The van der Waals surface area contributed by atoms with Gasteiger partial charge in [0.15, 0.2) is 5.15 Å². The monoisotopic (exact) mass is 312 g/mol. The second-order valence-corrected chi connectivity index (χ2v) is 4.79. The van der Waals surface area contributed by atoms with Crippen molar-refractivity contribution < 1.29 is 4.74 Å². The van der Waals surface area contributed by atoms with Crippen molar-refractivity contribution in [2.45, 2.75) is 13.5 Å². The highest BCUT2D eigenvalue weighted by molar-refractivity contribution is 9.10. The van der Waals surface area contributed by atoms with Crippen molar-refractivity contribution in [3.05, 3.63) is 51.2 Å². The van der Waals surface area contributed by atoms with Crippen molar-refractivity contribution in [2.24, 2.45) is 0 Å². The molecule has 2 rings (SSSR count). The van der Waals surface area contributed by atoms with E-state index in [9.17, 15) is 0 Å². The molecule has 0 bridgehead atoms. The third kappa shape index (κ3) is 3.41. The summed E-state index contributed by atoms with van der Waals surface area (Å²) in [4.78, 5) is 0. The van der Waals surface area contributed by atoms with Crippen molar-refractivity contribution in [1.29, 1.82) is 0 Å². The van der Waals surface area contributed by atoms with Gasteiger partial charge >= 0.3 is 0 Å². The van der Waals surface area contributed by atoms with Crippen molar-refractivity contribution in [3.8, 4) is 5.75 Å². The van der Waals surface area contributed by atoms with Crippen molar-refractivity contribution in [3.63, 3.8) is 0 Å². The first-order chi connectivity index (χ1) is 8.15. The molecule has 2 aromatic rings. The molecule has 3 nitrogen and oxygen atoms in total. The fraction of sp³-hybridized carbons (Fsp3) is 0.167. The lowest BCUT2D eigenvalue weighted by atomic mass is 10.2. The second-order valence-electron chi connectivity index (χ2n) is 3.55. The van der Waals surface area contributed by atoms with Crippen LogP contribution in [0, 0.1) is 6.92 Å². The van der Waals surface area contributed by atoms with Gasteiger partial charge in [-0.25, -0.2) is 0 Å². The van der Waals surface area contributed by atoms with Crippen LogP contribution < -0.4 is 4.74 Å². The van der Waals surface area contributed by atoms with E-state index in [2.05, 4.69) is 26.1 Å². The Morgan fingerprint density at radius 1 is 1.24 bits per heavy atom. The smallest absolute Gasteiger partial charge is 0.151 e. The van der Waals surface area contributed by atoms with Gasteiger partial charge in [0, 0.05) is 4.47 Å². The molecule has 0 amide bonds. The Morgan fingerprint density at radius 3 is 2.71 bits per heavy atom. The van der Waals surface area contributed by atoms with E-state index in [1.165, 1.54) is 0 Å². The summed E-state index contributed by atoms with van der Waals surface area (Å²) in [7, 11) is 0. The fourth-order valence-electron chi connectivity index (χ4n) is 1.28. The molecule has 0 spiro atoms. The summed E-state index contributed by atoms with van der Waals surface area (Å²) >= 11 is 9.09. The van der Waals surface area contributed by atoms with E-state index < -0.39 is 0 Å².